The lowest BCUT2D eigenvalue weighted by molar-refractivity contribution is 0.866. The van der Waals surface area contributed by atoms with E-state index in [0.717, 1.165) is 23.5 Å². The van der Waals surface area contributed by atoms with Crippen molar-refractivity contribution >= 4 is 33.5 Å². The van der Waals surface area contributed by atoms with E-state index in [1.807, 2.05) is 19.2 Å². The fourth-order valence-electron chi connectivity index (χ4n) is 2.68. The zero-order valence-corrected chi connectivity index (χ0v) is 15.1. The second-order valence-electron chi connectivity index (χ2n) is 5.52. The highest BCUT2D eigenvalue weighted by Crippen LogP contribution is 2.15. The molecule has 0 amide bonds. The fourth-order valence-corrected chi connectivity index (χ4v) is 3.66. The molecular weight excluding hydrogens is 316 g/mol. The van der Waals surface area contributed by atoms with Crippen molar-refractivity contribution in [2.24, 2.45) is 17.3 Å². The van der Waals surface area contributed by atoms with Crippen LogP contribution in [0.25, 0.3) is 10.2 Å². The van der Waals surface area contributed by atoms with Crippen molar-refractivity contribution in [3.8, 4) is 0 Å². The van der Waals surface area contributed by atoms with Crippen LogP contribution in [-0.2, 0) is 7.05 Å². The first kappa shape index (κ1) is 16.5. The lowest BCUT2D eigenvalue weighted by atomic mass is 10.2. The van der Waals surface area contributed by atoms with Gasteiger partial charge in [-0.3, -0.25) is 0 Å². The molecule has 24 heavy (non-hydrogen) atoms. The summed E-state index contributed by atoms with van der Waals surface area (Å²) in [6, 6.07) is 16.7. The molecule has 124 valence electrons. The Kier molecular flexibility index (Phi) is 5.11. The zero-order valence-electron chi connectivity index (χ0n) is 14.3. The molecule has 0 saturated heterocycles. The quantitative estimate of drug-likeness (QED) is 0.511. The summed E-state index contributed by atoms with van der Waals surface area (Å²) in [6.45, 7) is 6.37. The maximum Gasteiger partial charge on any atom is 0.211 e. The Morgan fingerprint density at radius 2 is 1.75 bits per heavy atom. The van der Waals surface area contributed by atoms with E-state index in [1.54, 1.807) is 17.6 Å². The molecule has 0 aliphatic heterocycles. The van der Waals surface area contributed by atoms with Crippen molar-refractivity contribution in [2.45, 2.75) is 13.8 Å². The van der Waals surface area contributed by atoms with Gasteiger partial charge in [0.05, 0.1) is 16.4 Å². The SMILES string of the molecule is CCN(CC)c1ccc(C=NN=c2sc3ccccc3n2C)cc1. The van der Waals surface area contributed by atoms with Gasteiger partial charge in [0.25, 0.3) is 0 Å². The number of fused-ring (bicyclic) bond motifs is 1. The maximum atomic E-state index is 4.37. The van der Waals surface area contributed by atoms with Crippen molar-refractivity contribution in [1.29, 1.82) is 0 Å². The predicted octanol–water partition coefficient (Wildman–Crippen LogP) is 4.02. The van der Waals surface area contributed by atoms with Gasteiger partial charge >= 0.3 is 0 Å². The molecule has 3 rings (SSSR count). The van der Waals surface area contributed by atoms with Gasteiger partial charge in [0.15, 0.2) is 0 Å². The summed E-state index contributed by atoms with van der Waals surface area (Å²) in [4.78, 5) is 3.22. The van der Waals surface area contributed by atoms with Gasteiger partial charge in [-0.15, -0.1) is 5.10 Å². The molecule has 0 radical (unpaired) electrons. The number of para-hydroxylation sites is 1. The number of hydrogen-bond donors (Lipinski definition) is 0. The first-order valence-electron chi connectivity index (χ1n) is 8.19. The highest BCUT2D eigenvalue weighted by Gasteiger charge is 2.01. The standard InChI is InChI=1S/C19H22N4S/c1-4-23(5-2)16-12-10-15(11-13-16)14-20-21-19-22(3)17-8-6-7-9-18(17)24-19/h6-14H,4-5H2,1-3H3. The summed E-state index contributed by atoms with van der Waals surface area (Å²) in [5, 5.41) is 8.63. The molecule has 1 aromatic heterocycles. The third-order valence-electron chi connectivity index (χ3n) is 4.09. The van der Waals surface area contributed by atoms with E-state index in [1.165, 1.54) is 15.9 Å². The number of benzene rings is 2. The first-order valence-corrected chi connectivity index (χ1v) is 9.01. The molecule has 0 N–H and O–H groups in total. The molecule has 2 aromatic carbocycles. The molecule has 3 aromatic rings. The molecule has 0 bridgehead atoms. The number of anilines is 1. The van der Waals surface area contributed by atoms with Gasteiger partial charge < -0.3 is 9.47 Å². The normalized spacial score (nSPS) is 12.4. The van der Waals surface area contributed by atoms with E-state index >= 15 is 0 Å². The Hall–Kier alpha value is -2.40. The van der Waals surface area contributed by atoms with Crippen molar-refractivity contribution < 1.29 is 0 Å². The van der Waals surface area contributed by atoms with Crippen LogP contribution in [-0.4, -0.2) is 23.9 Å². The lowest BCUT2D eigenvalue weighted by Crippen LogP contribution is -2.21. The molecule has 5 heteroatoms. The van der Waals surface area contributed by atoms with Crippen LogP contribution in [0.15, 0.2) is 58.7 Å². The first-order chi connectivity index (χ1) is 11.7. The Morgan fingerprint density at radius 1 is 1.04 bits per heavy atom. The van der Waals surface area contributed by atoms with Crippen molar-refractivity contribution in [2.75, 3.05) is 18.0 Å². The van der Waals surface area contributed by atoms with Crippen LogP contribution in [0.1, 0.15) is 19.4 Å². The van der Waals surface area contributed by atoms with Crippen LogP contribution < -0.4 is 9.70 Å². The predicted molar refractivity (Wildman–Crippen MR) is 104 cm³/mol. The minimum atomic E-state index is 0.896. The molecule has 1 heterocycles. The van der Waals surface area contributed by atoms with Crippen LogP contribution >= 0.6 is 11.3 Å². The molecule has 0 aliphatic carbocycles. The number of rotatable bonds is 5. The highest BCUT2D eigenvalue weighted by atomic mass is 32.1. The summed E-state index contributed by atoms with van der Waals surface area (Å²) in [5.74, 6) is 0. The molecule has 0 aliphatic rings. The van der Waals surface area contributed by atoms with E-state index in [2.05, 4.69) is 69.9 Å². The average Bonchev–Trinajstić information content (AvgIpc) is 2.94. The van der Waals surface area contributed by atoms with E-state index < -0.39 is 0 Å². The second-order valence-corrected chi connectivity index (χ2v) is 6.53. The lowest BCUT2D eigenvalue weighted by Gasteiger charge is -2.20. The monoisotopic (exact) mass is 338 g/mol. The average molecular weight is 338 g/mol. The van der Waals surface area contributed by atoms with Gasteiger partial charge in [-0.25, -0.2) is 0 Å². The molecule has 0 fully saturated rings. The van der Waals surface area contributed by atoms with Gasteiger partial charge in [-0.1, -0.05) is 35.6 Å². The van der Waals surface area contributed by atoms with E-state index in [4.69, 9.17) is 0 Å². The molecule has 0 unspecified atom stereocenters. The van der Waals surface area contributed by atoms with Crippen molar-refractivity contribution in [1.82, 2.24) is 4.57 Å². The molecule has 4 nitrogen and oxygen atoms in total. The third-order valence-corrected chi connectivity index (χ3v) is 5.19. The van der Waals surface area contributed by atoms with Crippen LogP contribution in [0.5, 0.6) is 0 Å². The summed E-state index contributed by atoms with van der Waals surface area (Å²) in [5.41, 5.74) is 3.48. The molecule has 0 spiro atoms. The second kappa shape index (κ2) is 7.45. The number of aryl methyl sites for hydroxylation is 1. The summed E-state index contributed by atoms with van der Waals surface area (Å²) in [7, 11) is 2.02. The highest BCUT2D eigenvalue weighted by molar-refractivity contribution is 7.16. The zero-order chi connectivity index (χ0) is 16.9. The fraction of sp³-hybridized carbons (Fsp3) is 0.263. The molecule has 0 saturated carbocycles. The van der Waals surface area contributed by atoms with Crippen LogP contribution in [0, 0.1) is 0 Å². The van der Waals surface area contributed by atoms with Crippen molar-refractivity contribution in [3.63, 3.8) is 0 Å². The largest absolute Gasteiger partial charge is 0.372 e. The van der Waals surface area contributed by atoms with Gasteiger partial charge in [0.2, 0.25) is 4.80 Å². The Morgan fingerprint density at radius 3 is 2.42 bits per heavy atom. The summed E-state index contributed by atoms with van der Waals surface area (Å²) < 4.78 is 3.29. The molecule has 0 atom stereocenters. The smallest absolute Gasteiger partial charge is 0.211 e. The minimum Gasteiger partial charge on any atom is -0.372 e. The topological polar surface area (TPSA) is 32.9 Å². The van der Waals surface area contributed by atoms with Crippen LogP contribution in [0.2, 0.25) is 0 Å². The molecular formula is C19H22N4S. The third kappa shape index (κ3) is 3.41. The Balaban J connectivity index is 1.81. The number of aromatic nitrogens is 1. The summed E-state index contributed by atoms with van der Waals surface area (Å²) >= 11 is 1.65. The van der Waals surface area contributed by atoms with E-state index in [0.29, 0.717) is 0 Å². The number of nitrogens with zero attached hydrogens (tertiary/aromatic N) is 4. The number of hydrogen-bond acceptors (Lipinski definition) is 4. The minimum absolute atomic E-state index is 0.896. The van der Waals surface area contributed by atoms with Gasteiger partial charge in [-0.2, -0.15) is 5.10 Å². The van der Waals surface area contributed by atoms with Gasteiger partial charge in [-0.05, 0) is 43.7 Å². The van der Waals surface area contributed by atoms with Crippen molar-refractivity contribution in [3.05, 3.63) is 58.9 Å². The van der Waals surface area contributed by atoms with E-state index in [-0.39, 0.29) is 0 Å². The maximum absolute atomic E-state index is 4.37. The number of thiazole rings is 1. The van der Waals surface area contributed by atoms with Crippen LogP contribution in [0.4, 0.5) is 5.69 Å². The van der Waals surface area contributed by atoms with E-state index in [9.17, 15) is 0 Å². The van der Waals surface area contributed by atoms with Crippen LogP contribution in [0.3, 0.4) is 0 Å². The Bertz CT molecular complexity index is 899. The van der Waals surface area contributed by atoms with Gasteiger partial charge in [0, 0.05) is 25.8 Å². The van der Waals surface area contributed by atoms with Gasteiger partial charge in [0.1, 0.15) is 0 Å². The summed E-state index contributed by atoms with van der Waals surface area (Å²) in [6.07, 6.45) is 1.80. The Labute approximate surface area is 146 Å².